The second-order valence-electron chi connectivity index (χ2n) is 15.3. The van der Waals surface area contributed by atoms with E-state index in [0.717, 1.165) is 44.4 Å². The molecule has 1 fully saturated rings. The number of carbonyl (C=O) groups is 1. The van der Waals surface area contributed by atoms with Crippen molar-refractivity contribution in [1.82, 2.24) is 5.32 Å². The number of rotatable bonds is 33. The highest BCUT2D eigenvalue weighted by atomic mass is 16.7. The number of aliphatic hydroxyl groups excluding tert-OH is 7. The first kappa shape index (κ1) is 48.1. The Bertz CT molecular complexity index is 820. The summed E-state index contributed by atoms with van der Waals surface area (Å²) >= 11 is 0. The molecule has 10 atom stereocenters. The lowest BCUT2D eigenvalue weighted by Crippen LogP contribution is -2.60. The summed E-state index contributed by atoms with van der Waals surface area (Å²) in [5, 5.41) is 75.3. The van der Waals surface area contributed by atoms with Crippen LogP contribution in [0.3, 0.4) is 0 Å². The molecule has 51 heavy (non-hydrogen) atoms. The summed E-state index contributed by atoms with van der Waals surface area (Å²) in [4.78, 5) is 13.0. The maximum Gasteiger partial charge on any atom is 0.249 e. The number of hydrogen-bond donors (Lipinski definition) is 8. The van der Waals surface area contributed by atoms with E-state index in [1.165, 1.54) is 89.9 Å². The molecule has 0 spiro atoms. The number of carbonyl (C=O) groups excluding carboxylic acids is 1. The van der Waals surface area contributed by atoms with E-state index in [9.17, 15) is 40.5 Å². The Hall–Kier alpha value is -0.890. The lowest BCUT2D eigenvalue weighted by Gasteiger charge is -2.40. The van der Waals surface area contributed by atoms with E-state index in [2.05, 4.69) is 26.1 Å². The monoisotopic (exact) mass is 734 g/mol. The lowest BCUT2D eigenvalue weighted by atomic mass is 9.98. The van der Waals surface area contributed by atoms with Gasteiger partial charge in [-0.1, -0.05) is 162 Å². The summed E-state index contributed by atoms with van der Waals surface area (Å²) in [5.74, 6) is 0.101. The molecule has 0 radical (unpaired) electrons. The fraction of sp³-hybridized carbons (Fsp3) is 0.975. The van der Waals surface area contributed by atoms with Crippen molar-refractivity contribution < 1.29 is 50.0 Å². The van der Waals surface area contributed by atoms with Crippen LogP contribution in [-0.2, 0) is 14.3 Å². The van der Waals surface area contributed by atoms with Crippen LogP contribution in [0.15, 0.2) is 0 Å². The number of hydrogen-bond acceptors (Lipinski definition) is 10. The third-order valence-corrected chi connectivity index (χ3v) is 10.7. The van der Waals surface area contributed by atoms with Crippen LogP contribution in [0.4, 0.5) is 0 Å². The molecule has 1 saturated heterocycles. The van der Waals surface area contributed by atoms with Crippen LogP contribution in [0.25, 0.3) is 0 Å². The van der Waals surface area contributed by atoms with E-state index in [-0.39, 0.29) is 6.42 Å². The summed E-state index contributed by atoms with van der Waals surface area (Å²) < 4.78 is 11.0. The van der Waals surface area contributed by atoms with Crippen molar-refractivity contribution in [3.63, 3.8) is 0 Å². The molecular formula is C40H79NO10. The lowest BCUT2D eigenvalue weighted by molar-refractivity contribution is -0.303. The van der Waals surface area contributed by atoms with Gasteiger partial charge >= 0.3 is 0 Å². The average molecular weight is 734 g/mol. The molecule has 0 saturated carbocycles. The van der Waals surface area contributed by atoms with E-state index in [4.69, 9.17) is 9.47 Å². The molecule has 1 rings (SSSR count). The molecule has 1 aliphatic heterocycles. The molecule has 1 heterocycles. The Kier molecular flexibility index (Phi) is 28.7. The average Bonchev–Trinajstić information content (AvgIpc) is 3.13. The first-order chi connectivity index (χ1) is 24.6. The van der Waals surface area contributed by atoms with Gasteiger partial charge in [-0.05, 0) is 18.8 Å². The SMILES string of the molecule is CCCCCCCCCCCCCCC(O)C(=O)NC(COC1OC(CO)C(O)C(O)C1O)C(O)C(O)CCCCCCCCCCC(C)CC. The molecule has 10 unspecified atom stereocenters. The summed E-state index contributed by atoms with van der Waals surface area (Å²) in [5.41, 5.74) is 0. The largest absolute Gasteiger partial charge is 0.394 e. The fourth-order valence-corrected chi connectivity index (χ4v) is 6.77. The maximum atomic E-state index is 13.0. The van der Waals surface area contributed by atoms with Crippen LogP contribution < -0.4 is 5.32 Å². The third-order valence-electron chi connectivity index (χ3n) is 10.7. The van der Waals surface area contributed by atoms with Crippen molar-refractivity contribution in [2.75, 3.05) is 13.2 Å². The Labute approximate surface area is 309 Å². The van der Waals surface area contributed by atoms with Gasteiger partial charge in [-0.25, -0.2) is 0 Å². The van der Waals surface area contributed by atoms with Crippen molar-refractivity contribution in [1.29, 1.82) is 0 Å². The minimum absolute atomic E-state index is 0.264. The zero-order chi connectivity index (χ0) is 37.9. The van der Waals surface area contributed by atoms with Crippen LogP contribution >= 0.6 is 0 Å². The normalized spacial score (nSPS) is 23.8. The molecule has 304 valence electrons. The summed E-state index contributed by atoms with van der Waals surface area (Å²) in [7, 11) is 0. The Morgan fingerprint density at radius 1 is 0.667 bits per heavy atom. The van der Waals surface area contributed by atoms with Crippen molar-refractivity contribution in [2.24, 2.45) is 5.92 Å². The van der Waals surface area contributed by atoms with Crippen LogP contribution in [0.2, 0.25) is 0 Å². The molecule has 0 aromatic rings. The van der Waals surface area contributed by atoms with Crippen molar-refractivity contribution in [3.05, 3.63) is 0 Å². The summed E-state index contributed by atoms with van der Waals surface area (Å²) in [6, 6.07) is -1.16. The second kappa shape index (κ2) is 30.4. The van der Waals surface area contributed by atoms with Crippen LogP contribution in [0.1, 0.15) is 175 Å². The van der Waals surface area contributed by atoms with Gasteiger partial charge in [-0.2, -0.15) is 0 Å². The Morgan fingerprint density at radius 2 is 1.14 bits per heavy atom. The molecular weight excluding hydrogens is 654 g/mol. The molecule has 0 aromatic carbocycles. The smallest absolute Gasteiger partial charge is 0.249 e. The van der Waals surface area contributed by atoms with Gasteiger partial charge in [0.1, 0.15) is 36.6 Å². The second-order valence-corrected chi connectivity index (χ2v) is 15.3. The van der Waals surface area contributed by atoms with Crippen molar-refractivity contribution >= 4 is 5.91 Å². The standard InChI is InChI=1S/C40H79NO10/c1-4-6-7-8-9-10-11-12-13-18-21-24-27-33(44)39(49)41-31(29-50-40-38(48)37(47)36(46)34(28-42)51-40)35(45)32(43)26-23-20-17-15-14-16-19-22-25-30(3)5-2/h30-38,40,42-48H,4-29H2,1-3H3,(H,41,49). The predicted molar refractivity (Wildman–Crippen MR) is 201 cm³/mol. The van der Waals surface area contributed by atoms with E-state index in [1.807, 2.05) is 0 Å². The van der Waals surface area contributed by atoms with Gasteiger partial charge in [0.2, 0.25) is 5.91 Å². The molecule has 8 N–H and O–H groups in total. The topological polar surface area (TPSA) is 189 Å². The third kappa shape index (κ3) is 21.6. The maximum absolute atomic E-state index is 13.0. The van der Waals surface area contributed by atoms with Crippen LogP contribution in [-0.4, -0.2) is 110 Å². The number of aliphatic hydroxyl groups is 7. The zero-order valence-corrected chi connectivity index (χ0v) is 32.5. The fourth-order valence-electron chi connectivity index (χ4n) is 6.77. The number of ether oxygens (including phenoxy) is 2. The molecule has 0 aromatic heterocycles. The van der Waals surface area contributed by atoms with Crippen LogP contribution in [0.5, 0.6) is 0 Å². The number of amides is 1. The van der Waals surface area contributed by atoms with E-state index in [0.29, 0.717) is 19.3 Å². The van der Waals surface area contributed by atoms with Crippen molar-refractivity contribution in [3.8, 4) is 0 Å². The minimum Gasteiger partial charge on any atom is -0.394 e. The Morgan fingerprint density at radius 3 is 1.63 bits per heavy atom. The first-order valence-electron chi connectivity index (χ1n) is 20.8. The van der Waals surface area contributed by atoms with Crippen LogP contribution in [0, 0.1) is 5.92 Å². The number of nitrogens with one attached hydrogen (secondary N) is 1. The quantitative estimate of drug-likeness (QED) is 0.0405. The van der Waals surface area contributed by atoms with Gasteiger partial charge in [-0.15, -0.1) is 0 Å². The Balaban J connectivity index is 2.54. The van der Waals surface area contributed by atoms with Gasteiger partial charge in [0, 0.05) is 0 Å². The summed E-state index contributed by atoms with van der Waals surface area (Å²) in [6.07, 6.45) is 14.5. The number of unbranched alkanes of at least 4 members (excludes halogenated alkanes) is 18. The van der Waals surface area contributed by atoms with Gasteiger partial charge in [0.05, 0.1) is 25.4 Å². The van der Waals surface area contributed by atoms with Gasteiger partial charge < -0.3 is 50.5 Å². The molecule has 11 heteroatoms. The molecule has 0 aliphatic carbocycles. The molecule has 1 aliphatic rings. The van der Waals surface area contributed by atoms with E-state index >= 15 is 0 Å². The zero-order valence-electron chi connectivity index (χ0n) is 32.5. The highest BCUT2D eigenvalue weighted by Gasteiger charge is 2.44. The van der Waals surface area contributed by atoms with E-state index < -0.39 is 74.2 Å². The van der Waals surface area contributed by atoms with Crippen molar-refractivity contribution in [2.45, 2.75) is 230 Å². The minimum atomic E-state index is -1.66. The predicted octanol–water partition coefficient (Wildman–Crippen LogP) is 5.41. The highest BCUT2D eigenvalue weighted by molar-refractivity contribution is 5.80. The van der Waals surface area contributed by atoms with E-state index in [1.54, 1.807) is 0 Å². The molecule has 1 amide bonds. The molecule has 11 nitrogen and oxygen atoms in total. The molecule has 0 bridgehead atoms. The first-order valence-corrected chi connectivity index (χ1v) is 20.8. The summed E-state index contributed by atoms with van der Waals surface area (Å²) in [6.45, 7) is 5.72. The van der Waals surface area contributed by atoms with Gasteiger partial charge in [-0.3, -0.25) is 4.79 Å². The van der Waals surface area contributed by atoms with Gasteiger partial charge in [0.25, 0.3) is 0 Å². The highest BCUT2D eigenvalue weighted by Crippen LogP contribution is 2.23. The van der Waals surface area contributed by atoms with Gasteiger partial charge in [0.15, 0.2) is 6.29 Å².